The van der Waals surface area contributed by atoms with E-state index in [9.17, 15) is 5.11 Å². The Kier molecular flexibility index (Phi) is 3.02. The maximum absolute atomic E-state index is 9.23. The monoisotopic (exact) mass is 250 g/mol. The Bertz CT molecular complexity index is 692. The van der Waals surface area contributed by atoms with Crippen molar-refractivity contribution in [1.29, 1.82) is 0 Å². The van der Waals surface area contributed by atoms with Crippen LogP contribution in [0.4, 0.5) is 5.69 Å². The number of aromatic nitrogens is 1. The highest BCUT2D eigenvalue weighted by Crippen LogP contribution is 2.18. The average molecular weight is 250 g/mol. The Morgan fingerprint density at radius 3 is 2.68 bits per heavy atom. The fourth-order valence-electron chi connectivity index (χ4n) is 2.00. The summed E-state index contributed by atoms with van der Waals surface area (Å²) in [7, 11) is 0. The molecular formula is C16H14N2O. The Morgan fingerprint density at radius 1 is 1.00 bits per heavy atom. The quantitative estimate of drug-likeness (QED) is 0.747. The van der Waals surface area contributed by atoms with Gasteiger partial charge in [-0.25, -0.2) is 0 Å². The molecule has 0 saturated carbocycles. The molecule has 0 saturated heterocycles. The molecule has 0 spiro atoms. The molecule has 3 rings (SSSR count). The first-order chi connectivity index (χ1) is 9.31. The lowest BCUT2D eigenvalue weighted by molar-refractivity contribution is 0.475. The highest BCUT2D eigenvalue weighted by atomic mass is 16.3. The van der Waals surface area contributed by atoms with Gasteiger partial charge in [0, 0.05) is 23.8 Å². The molecule has 94 valence electrons. The van der Waals surface area contributed by atoms with E-state index in [2.05, 4.69) is 16.4 Å². The molecule has 0 radical (unpaired) electrons. The molecule has 1 heterocycles. The molecule has 0 atom stereocenters. The molecule has 0 aliphatic rings. The van der Waals surface area contributed by atoms with E-state index in [0.717, 1.165) is 28.7 Å². The van der Waals surface area contributed by atoms with Gasteiger partial charge in [-0.3, -0.25) is 4.98 Å². The van der Waals surface area contributed by atoms with E-state index in [4.69, 9.17) is 0 Å². The molecule has 3 nitrogen and oxygen atoms in total. The van der Waals surface area contributed by atoms with Gasteiger partial charge in [-0.05, 0) is 42.0 Å². The Balaban J connectivity index is 1.76. The SMILES string of the molecule is Oc1ccc(CNc2ccc3ncccc3c2)cc1. The average Bonchev–Trinajstić information content (AvgIpc) is 2.46. The number of phenolic OH excluding ortho intramolecular Hbond substituents is 1. The highest BCUT2D eigenvalue weighted by Gasteiger charge is 1.97. The van der Waals surface area contributed by atoms with E-state index < -0.39 is 0 Å². The fraction of sp³-hybridized carbons (Fsp3) is 0.0625. The van der Waals surface area contributed by atoms with Crippen LogP contribution in [-0.4, -0.2) is 10.1 Å². The predicted octanol–water partition coefficient (Wildman–Crippen LogP) is 3.55. The lowest BCUT2D eigenvalue weighted by Gasteiger charge is -2.07. The van der Waals surface area contributed by atoms with Gasteiger partial charge in [-0.1, -0.05) is 18.2 Å². The number of hydrogen-bond donors (Lipinski definition) is 2. The van der Waals surface area contributed by atoms with Crippen LogP contribution >= 0.6 is 0 Å². The van der Waals surface area contributed by atoms with Crippen molar-refractivity contribution in [2.24, 2.45) is 0 Å². The van der Waals surface area contributed by atoms with E-state index >= 15 is 0 Å². The molecule has 0 unspecified atom stereocenters. The Hall–Kier alpha value is -2.55. The van der Waals surface area contributed by atoms with Gasteiger partial charge in [-0.15, -0.1) is 0 Å². The van der Waals surface area contributed by atoms with E-state index in [1.54, 1.807) is 18.3 Å². The molecule has 0 aliphatic heterocycles. The van der Waals surface area contributed by atoms with Crippen LogP contribution in [0.25, 0.3) is 10.9 Å². The summed E-state index contributed by atoms with van der Waals surface area (Å²) in [5.74, 6) is 0.292. The number of pyridine rings is 1. The van der Waals surface area contributed by atoms with Crippen LogP contribution in [-0.2, 0) is 6.54 Å². The summed E-state index contributed by atoms with van der Waals surface area (Å²) in [5.41, 5.74) is 3.19. The first-order valence-corrected chi connectivity index (χ1v) is 6.18. The second-order valence-corrected chi connectivity index (χ2v) is 4.43. The first kappa shape index (κ1) is 11.5. The van der Waals surface area contributed by atoms with Gasteiger partial charge in [0.25, 0.3) is 0 Å². The second-order valence-electron chi connectivity index (χ2n) is 4.43. The number of fused-ring (bicyclic) bond motifs is 1. The van der Waals surface area contributed by atoms with Crippen molar-refractivity contribution < 1.29 is 5.11 Å². The molecule has 2 aromatic carbocycles. The maximum Gasteiger partial charge on any atom is 0.115 e. The highest BCUT2D eigenvalue weighted by molar-refractivity contribution is 5.82. The number of benzene rings is 2. The Labute approximate surface area is 111 Å². The van der Waals surface area contributed by atoms with Crippen molar-refractivity contribution in [1.82, 2.24) is 4.98 Å². The van der Waals surface area contributed by atoms with Crippen LogP contribution in [0.5, 0.6) is 5.75 Å². The summed E-state index contributed by atoms with van der Waals surface area (Å²) in [6, 6.07) is 17.3. The van der Waals surface area contributed by atoms with Crippen molar-refractivity contribution in [3.63, 3.8) is 0 Å². The summed E-state index contributed by atoms with van der Waals surface area (Å²) in [6.45, 7) is 0.728. The van der Waals surface area contributed by atoms with E-state index in [-0.39, 0.29) is 0 Å². The van der Waals surface area contributed by atoms with E-state index in [1.807, 2.05) is 36.4 Å². The second kappa shape index (κ2) is 4.98. The van der Waals surface area contributed by atoms with Crippen LogP contribution in [0.15, 0.2) is 60.8 Å². The van der Waals surface area contributed by atoms with E-state index in [1.165, 1.54) is 0 Å². The maximum atomic E-state index is 9.23. The van der Waals surface area contributed by atoms with Crippen LogP contribution in [0.3, 0.4) is 0 Å². The number of phenols is 1. The van der Waals surface area contributed by atoms with Crippen LogP contribution in [0.2, 0.25) is 0 Å². The molecule has 0 aliphatic carbocycles. The number of nitrogens with one attached hydrogen (secondary N) is 1. The number of nitrogens with zero attached hydrogens (tertiary/aromatic N) is 1. The molecule has 19 heavy (non-hydrogen) atoms. The molecular weight excluding hydrogens is 236 g/mol. The predicted molar refractivity (Wildman–Crippen MR) is 77.2 cm³/mol. The molecule has 2 N–H and O–H groups in total. The van der Waals surface area contributed by atoms with Crippen LogP contribution < -0.4 is 5.32 Å². The summed E-state index contributed by atoms with van der Waals surface area (Å²) in [5, 5.41) is 13.7. The fourth-order valence-corrected chi connectivity index (χ4v) is 2.00. The van der Waals surface area contributed by atoms with Gasteiger partial charge < -0.3 is 10.4 Å². The minimum atomic E-state index is 0.292. The van der Waals surface area contributed by atoms with Gasteiger partial charge >= 0.3 is 0 Å². The summed E-state index contributed by atoms with van der Waals surface area (Å²) < 4.78 is 0. The zero-order valence-electron chi connectivity index (χ0n) is 10.4. The smallest absolute Gasteiger partial charge is 0.115 e. The zero-order chi connectivity index (χ0) is 13.1. The summed E-state index contributed by atoms with van der Waals surface area (Å²) in [4.78, 5) is 4.29. The standard InChI is InChI=1S/C16H14N2O/c19-15-6-3-12(4-7-15)11-18-14-5-8-16-13(10-14)2-1-9-17-16/h1-10,18-19H,11H2. The topological polar surface area (TPSA) is 45.1 Å². The third-order valence-electron chi connectivity index (χ3n) is 3.04. The van der Waals surface area contributed by atoms with Gasteiger partial charge in [0.05, 0.1) is 5.52 Å². The van der Waals surface area contributed by atoms with Crippen LogP contribution in [0.1, 0.15) is 5.56 Å². The van der Waals surface area contributed by atoms with Crippen molar-refractivity contribution in [3.8, 4) is 5.75 Å². The van der Waals surface area contributed by atoms with Gasteiger partial charge in [-0.2, -0.15) is 0 Å². The van der Waals surface area contributed by atoms with E-state index in [0.29, 0.717) is 5.75 Å². The number of hydrogen-bond acceptors (Lipinski definition) is 3. The number of rotatable bonds is 3. The minimum absolute atomic E-state index is 0.292. The zero-order valence-corrected chi connectivity index (χ0v) is 10.4. The third-order valence-corrected chi connectivity index (χ3v) is 3.04. The lowest BCUT2D eigenvalue weighted by atomic mass is 10.2. The summed E-state index contributed by atoms with van der Waals surface area (Å²) in [6.07, 6.45) is 1.80. The molecule has 3 heteroatoms. The van der Waals surface area contributed by atoms with Crippen molar-refractivity contribution in [3.05, 3.63) is 66.4 Å². The van der Waals surface area contributed by atoms with Crippen molar-refractivity contribution in [2.75, 3.05) is 5.32 Å². The van der Waals surface area contributed by atoms with Crippen molar-refractivity contribution in [2.45, 2.75) is 6.54 Å². The molecule has 0 amide bonds. The van der Waals surface area contributed by atoms with Crippen LogP contribution in [0, 0.1) is 0 Å². The Morgan fingerprint density at radius 2 is 1.84 bits per heavy atom. The molecule has 1 aromatic heterocycles. The largest absolute Gasteiger partial charge is 0.508 e. The minimum Gasteiger partial charge on any atom is -0.508 e. The van der Waals surface area contributed by atoms with Crippen molar-refractivity contribution >= 4 is 16.6 Å². The lowest BCUT2D eigenvalue weighted by Crippen LogP contribution is -1.98. The molecule has 0 fully saturated rings. The third kappa shape index (κ3) is 2.65. The van der Waals surface area contributed by atoms with Gasteiger partial charge in [0.1, 0.15) is 5.75 Å². The first-order valence-electron chi connectivity index (χ1n) is 6.18. The van der Waals surface area contributed by atoms with Gasteiger partial charge in [0.15, 0.2) is 0 Å². The summed E-state index contributed by atoms with van der Waals surface area (Å²) >= 11 is 0. The normalized spacial score (nSPS) is 10.5. The molecule has 0 bridgehead atoms. The van der Waals surface area contributed by atoms with Gasteiger partial charge in [0.2, 0.25) is 0 Å². The molecule has 3 aromatic rings. The number of anilines is 1. The number of aromatic hydroxyl groups is 1.